The summed E-state index contributed by atoms with van der Waals surface area (Å²) in [6, 6.07) is 7.70. The Morgan fingerprint density at radius 3 is 2.48 bits per heavy atom. The molecule has 2 heterocycles. The maximum absolute atomic E-state index is 12.3. The van der Waals surface area contributed by atoms with E-state index in [-0.39, 0.29) is 5.69 Å². The number of hydrogen-bond donors (Lipinski definition) is 1. The Labute approximate surface area is 137 Å². The molecule has 0 aliphatic carbocycles. The maximum Gasteiger partial charge on any atom is 0.332 e. The molecule has 0 fully saturated rings. The predicted octanol–water partition coefficient (Wildman–Crippen LogP) is 4.82. The van der Waals surface area contributed by atoms with Crippen LogP contribution in [-0.4, -0.2) is 14.4 Å². The number of fused-ring (bicyclic) bond motifs is 3. The summed E-state index contributed by atoms with van der Waals surface area (Å²) in [6.07, 6.45) is 3.48. The fraction of sp³-hybridized carbons (Fsp3) is 0.368. The third kappa shape index (κ3) is 3.52. The highest BCUT2D eigenvalue weighted by Crippen LogP contribution is 2.20. The van der Waals surface area contributed by atoms with Crippen LogP contribution >= 0.6 is 0 Å². The van der Waals surface area contributed by atoms with Gasteiger partial charge in [0.05, 0.1) is 16.9 Å². The molecular formula is C19H27N3O. The molecule has 4 heteroatoms. The Kier molecular flexibility index (Phi) is 7.26. The number of benzene rings is 1. The van der Waals surface area contributed by atoms with Crippen molar-refractivity contribution in [3.8, 4) is 0 Å². The van der Waals surface area contributed by atoms with Gasteiger partial charge in [0.15, 0.2) is 5.65 Å². The lowest BCUT2D eigenvalue weighted by molar-refractivity contribution is 0.843. The minimum Gasteiger partial charge on any atom is -0.306 e. The molecule has 0 saturated carbocycles. The molecule has 124 valence electrons. The molecule has 0 unspecified atom stereocenters. The van der Waals surface area contributed by atoms with Crippen LogP contribution < -0.4 is 5.69 Å². The van der Waals surface area contributed by atoms with Crippen LogP contribution in [0.2, 0.25) is 0 Å². The summed E-state index contributed by atoms with van der Waals surface area (Å²) in [4.78, 5) is 19.7. The Balaban J connectivity index is 0.000000615. The second-order valence-corrected chi connectivity index (χ2v) is 4.53. The van der Waals surface area contributed by atoms with Gasteiger partial charge in [0.2, 0.25) is 0 Å². The number of nitrogens with zero attached hydrogens (tertiary/aromatic N) is 2. The highest BCUT2D eigenvalue weighted by molar-refractivity contribution is 5.91. The van der Waals surface area contributed by atoms with Crippen molar-refractivity contribution in [3.63, 3.8) is 0 Å². The first-order chi connectivity index (χ1) is 11.3. The molecule has 2 aromatic heterocycles. The molecule has 0 bridgehead atoms. The van der Waals surface area contributed by atoms with Gasteiger partial charge in [-0.3, -0.25) is 0 Å². The van der Waals surface area contributed by atoms with Crippen molar-refractivity contribution in [3.05, 3.63) is 52.7 Å². The van der Waals surface area contributed by atoms with E-state index in [4.69, 9.17) is 0 Å². The topological polar surface area (TPSA) is 50.2 Å². The fourth-order valence-electron chi connectivity index (χ4n) is 2.47. The normalized spacial score (nSPS) is 9.78. The van der Waals surface area contributed by atoms with Gasteiger partial charge in [-0.05, 0) is 24.6 Å². The van der Waals surface area contributed by atoms with Crippen LogP contribution in [0.25, 0.3) is 22.6 Å². The highest BCUT2D eigenvalue weighted by Gasteiger charge is 2.14. The van der Waals surface area contributed by atoms with Gasteiger partial charge in [0.25, 0.3) is 0 Å². The van der Waals surface area contributed by atoms with E-state index in [2.05, 4.69) is 23.5 Å². The molecular weight excluding hydrogens is 286 g/mol. The van der Waals surface area contributed by atoms with Crippen LogP contribution in [0.3, 0.4) is 0 Å². The van der Waals surface area contributed by atoms with Crippen LogP contribution in [0, 0.1) is 0 Å². The van der Waals surface area contributed by atoms with Gasteiger partial charge in [0, 0.05) is 5.39 Å². The SMILES string of the molecule is C=Cc1nc2c3ccccc3[nH]c(=O)n2c1CCC.CC.CC. The molecule has 0 spiro atoms. The number of nitrogens with one attached hydrogen (secondary N) is 1. The minimum atomic E-state index is -0.141. The van der Waals surface area contributed by atoms with Gasteiger partial charge in [-0.15, -0.1) is 0 Å². The predicted molar refractivity (Wildman–Crippen MR) is 100 cm³/mol. The number of H-pyrrole nitrogens is 1. The van der Waals surface area contributed by atoms with E-state index in [1.807, 2.05) is 52.0 Å². The molecule has 3 aromatic rings. The third-order valence-electron chi connectivity index (χ3n) is 3.30. The van der Waals surface area contributed by atoms with Crippen molar-refractivity contribution in [2.24, 2.45) is 0 Å². The summed E-state index contributed by atoms with van der Waals surface area (Å²) in [7, 11) is 0. The summed E-state index contributed by atoms with van der Waals surface area (Å²) in [5.41, 5.74) is 3.10. The zero-order valence-corrected chi connectivity index (χ0v) is 14.8. The van der Waals surface area contributed by atoms with Crippen LogP contribution in [0.15, 0.2) is 35.6 Å². The summed E-state index contributed by atoms with van der Waals surface area (Å²) in [5, 5.41) is 0.951. The lowest BCUT2D eigenvalue weighted by Gasteiger charge is -2.02. The average Bonchev–Trinajstić information content (AvgIpc) is 2.98. The summed E-state index contributed by atoms with van der Waals surface area (Å²) < 4.78 is 1.67. The molecule has 0 atom stereocenters. The molecule has 23 heavy (non-hydrogen) atoms. The van der Waals surface area contributed by atoms with Gasteiger partial charge in [0.1, 0.15) is 0 Å². The van der Waals surface area contributed by atoms with E-state index in [9.17, 15) is 4.79 Å². The van der Waals surface area contributed by atoms with Gasteiger partial charge >= 0.3 is 5.69 Å². The smallest absolute Gasteiger partial charge is 0.306 e. The lowest BCUT2D eigenvalue weighted by Crippen LogP contribution is -2.18. The molecule has 3 rings (SSSR count). The third-order valence-corrected chi connectivity index (χ3v) is 3.30. The Bertz CT molecular complexity index is 828. The summed E-state index contributed by atoms with van der Waals surface area (Å²) >= 11 is 0. The van der Waals surface area contributed by atoms with Crippen molar-refractivity contribution < 1.29 is 0 Å². The standard InChI is InChI=1S/C15H15N3O.2C2H6/c1-3-7-13-11(4-2)16-14-10-8-5-6-9-12(10)17-15(19)18(13)14;2*1-2/h4-6,8-9H,2-3,7H2,1H3,(H,17,19);2*1-2H3. The molecule has 0 aliphatic rings. The van der Waals surface area contributed by atoms with Crippen LogP contribution in [0.5, 0.6) is 0 Å². The largest absolute Gasteiger partial charge is 0.332 e. The number of imidazole rings is 1. The van der Waals surface area contributed by atoms with Crippen molar-refractivity contribution in [1.29, 1.82) is 0 Å². The van der Waals surface area contributed by atoms with Crippen molar-refractivity contribution in [2.45, 2.75) is 47.5 Å². The van der Waals surface area contributed by atoms with E-state index in [0.29, 0.717) is 5.65 Å². The first-order valence-corrected chi connectivity index (χ1v) is 8.41. The quantitative estimate of drug-likeness (QED) is 0.753. The first-order valence-electron chi connectivity index (χ1n) is 8.41. The Morgan fingerprint density at radius 1 is 1.22 bits per heavy atom. The Morgan fingerprint density at radius 2 is 1.87 bits per heavy atom. The molecule has 0 aliphatic heterocycles. The molecule has 0 amide bonds. The number of rotatable bonds is 3. The highest BCUT2D eigenvalue weighted by atomic mass is 16.1. The lowest BCUT2D eigenvalue weighted by atomic mass is 10.2. The second-order valence-electron chi connectivity index (χ2n) is 4.53. The van der Waals surface area contributed by atoms with Crippen LogP contribution in [0.1, 0.15) is 52.4 Å². The molecule has 0 saturated heterocycles. The van der Waals surface area contributed by atoms with Gasteiger partial charge in [-0.1, -0.05) is 59.8 Å². The monoisotopic (exact) mass is 313 g/mol. The number of aromatic nitrogens is 3. The van der Waals surface area contributed by atoms with E-state index in [1.165, 1.54) is 0 Å². The number of hydrogen-bond acceptors (Lipinski definition) is 2. The number of aromatic amines is 1. The second kappa shape index (κ2) is 8.93. The summed E-state index contributed by atoms with van der Waals surface area (Å²) in [6.45, 7) is 13.9. The molecule has 1 N–H and O–H groups in total. The number of para-hydroxylation sites is 1. The summed E-state index contributed by atoms with van der Waals surface area (Å²) in [5.74, 6) is 0. The van der Waals surface area contributed by atoms with Crippen molar-refractivity contribution >= 4 is 22.6 Å². The zero-order valence-electron chi connectivity index (χ0n) is 14.8. The van der Waals surface area contributed by atoms with Crippen LogP contribution in [-0.2, 0) is 6.42 Å². The van der Waals surface area contributed by atoms with E-state index >= 15 is 0 Å². The van der Waals surface area contributed by atoms with Crippen molar-refractivity contribution in [1.82, 2.24) is 14.4 Å². The maximum atomic E-state index is 12.3. The minimum absolute atomic E-state index is 0.141. The van der Waals surface area contributed by atoms with E-state index < -0.39 is 0 Å². The fourth-order valence-corrected chi connectivity index (χ4v) is 2.47. The van der Waals surface area contributed by atoms with Crippen molar-refractivity contribution in [2.75, 3.05) is 0 Å². The zero-order chi connectivity index (χ0) is 17.4. The first kappa shape index (κ1) is 18.7. The van der Waals surface area contributed by atoms with Crippen LogP contribution in [0.4, 0.5) is 0 Å². The average molecular weight is 313 g/mol. The van der Waals surface area contributed by atoms with E-state index in [0.717, 1.165) is 35.1 Å². The van der Waals surface area contributed by atoms with Gasteiger partial charge < -0.3 is 4.98 Å². The molecule has 4 nitrogen and oxygen atoms in total. The van der Waals surface area contributed by atoms with Gasteiger partial charge in [-0.2, -0.15) is 0 Å². The molecule has 1 aromatic carbocycles. The van der Waals surface area contributed by atoms with Gasteiger partial charge in [-0.25, -0.2) is 14.2 Å². The van der Waals surface area contributed by atoms with E-state index in [1.54, 1.807) is 10.5 Å². The Hall–Kier alpha value is -2.36. The number of aryl methyl sites for hydroxylation is 1. The molecule has 0 radical (unpaired) electrons.